The summed E-state index contributed by atoms with van der Waals surface area (Å²) in [6.45, 7) is 6.66. The van der Waals surface area contributed by atoms with Crippen LogP contribution in [-0.2, 0) is 14.3 Å². The molecule has 110 valence electrons. The summed E-state index contributed by atoms with van der Waals surface area (Å²) < 4.78 is 10.3. The summed E-state index contributed by atoms with van der Waals surface area (Å²) in [6, 6.07) is 6.93. The van der Waals surface area contributed by atoms with Gasteiger partial charge in [0.2, 0.25) is 5.91 Å². The van der Waals surface area contributed by atoms with Gasteiger partial charge in [-0.3, -0.25) is 9.59 Å². The summed E-state index contributed by atoms with van der Waals surface area (Å²) >= 11 is 0. The van der Waals surface area contributed by atoms with Crippen molar-refractivity contribution in [3.63, 3.8) is 0 Å². The molecular weight excluding hydrogens is 258 g/mol. The topological polar surface area (TPSA) is 55.8 Å². The monoisotopic (exact) mass is 279 g/mol. The van der Waals surface area contributed by atoms with Gasteiger partial charge in [-0.25, -0.2) is 0 Å². The number of rotatable bonds is 4. The normalized spacial score (nSPS) is 10.8. The Morgan fingerprint density at radius 3 is 2.10 bits per heavy atom. The molecular formula is C15H21NO4. The first-order valence-corrected chi connectivity index (χ1v) is 6.37. The van der Waals surface area contributed by atoms with Crippen molar-refractivity contribution in [1.29, 1.82) is 0 Å². The molecule has 20 heavy (non-hydrogen) atoms. The molecule has 0 heterocycles. The van der Waals surface area contributed by atoms with Crippen LogP contribution < -0.4 is 9.64 Å². The van der Waals surface area contributed by atoms with Crippen molar-refractivity contribution in [2.45, 2.75) is 33.3 Å². The fraction of sp³-hybridized carbons (Fsp3) is 0.467. The Hall–Kier alpha value is -2.04. The third kappa shape index (κ3) is 4.91. The molecule has 1 aromatic carbocycles. The number of esters is 1. The van der Waals surface area contributed by atoms with Crippen molar-refractivity contribution in [3.05, 3.63) is 24.3 Å². The molecule has 0 bridgehead atoms. The van der Waals surface area contributed by atoms with Gasteiger partial charge < -0.3 is 14.4 Å². The molecule has 0 radical (unpaired) electrons. The first-order valence-electron chi connectivity index (χ1n) is 6.37. The summed E-state index contributed by atoms with van der Waals surface area (Å²) in [5.74, 6) is 0.0269. The number of hydrogen-bond acceptors (Lipinski definition) is 4. The molecule has 1 aromatic rings. The third-order valence-corrected chi connectivity index (χ3v) is 2.47. The van der Waals surface area contributed by atoms with Crippen LogP contribution in [0.2, 0.25) is 0 Å². The van der Waals surface area contributed by atoms with Crippen LogP contribution in [0.5, 0.6) is 5.75 Å². The van der Waals surface area contributed by atoms with E-state index in [9.17, 15) is 9.59 Å². The summed E-state index contributed by atoms with van der Waals surface area (Å²) in [5.41, 5.74) is 0.0589. The smallest absolute Gasteiger partial charge is 0.326 e. The second-order valence-corrected chi connectivity index (χ2v) is 5.39. The minimum absolute atomic E-state index is 0.112. The molecule has 0 N–H and O–H groups in total. The summed E-state index contributed by atoms with van der Waals surface area (Å²) in [4.78, 5) is 24.9. The molecule has 0 fully saturated rings. The van der Waals surface area contributed by atoms with E-state index in [2.05, 4.69) is 0 Å². The average Bonchev–Trinajstić information content (AvgIpc) is 2.34. The van der Waals surface area contributed by atoms with Crippen molar-refractivity contribution in [2.75, 3.05) is 18.6 Å². The van der Waals surface area contributed by atoms with E-state index in [4.69, 9.17) is 9.47 Å². The van der Waals surface area contributed by atoms with E-state index in [0.717, 1.165) is 0 Å². The van der Waals surface area contributed by atoms with Gasteiger partial charge in [-0.2, -0.15) is 0 Å². The number of amides is 1. The highest BCUT2D eigenvalue weighted by molar-refractivity contribution is 5.96. The third-order valence-electron chi connectivity index (χ3n) is 2.47. The summed E-state index contributed by atoms with van der Waals surface area (Å²) in [6.07, 6.45) is 0. The Labute approximate surface area is 119 Å². The van der Waals surface area contributed by atoms with Gasteiger partial charge in [-0.15, -0.1) is 0 Å². The number of carbonyl (C=O) groups is 2. The molecule has 0 unspecified atom stereocenters. The SMILES string of the molecule is COc1ccc(N(CC(=O)OC(C)(C)C)C(C)=O)cc1. The van der Waals surface area contributed by atoms with Gasteiger partial charge in [0, 0.05) is 12.6 Å². The van der Waals surface area contributed by atoms with Crippen LogP contribution in [0.4, 0.5) is 5.69 Å². The van der Waals surface area contributed by atoms with Crippen LogP contribution in [0.3, 0.4) is 0 Å². The molecule has 5 heteroatoms. The Kier molecular flexibility index (Phi) is 5.13. The second-order valence-electron chi connectivity index (χ2n) is 5.39. The van der Waals surface area contributed by atoms with Gasteiger partial charge in [0.25, 0.3) is 0 Å². The lowest BCUT2D eigenvalue weighted by atomic mass is 10.2. The van der Waals surface area contributed by atoms with Crippen LogP contribution in [-0.4, -0.2) is 31.1 Å². The molecule has 0 aliphatic carbocycles. The zero-order chi connectivity index (χ0) is 15.3. The minimum Gasteiger partial charge on any atom is -0.497 e. The highest BCUT2D eigenvalue weighted by Gasteiger charge is 2.21. The lowest BCUT2D eigenvalue weighted by Gasteiger charge is -2.24. The van der Waals surface area contributed by atoms with E-state index >= 15 is 0 Å². The number of nitrogens with zero attached hydrogens (tertiary/aromatic N) is 1. The van der Waals surface area contributed by atoms with Gasteiger partial charge in [-0.1, -0.05) is 0 Å². The second kappa shape index (κ2) is 6.41. The summed E-state index contributed by atoms with van der Waals surface area (Å²) in [5, 5.41) is 0. The fourth-order valence-electron chi connectivity index (χ4n) is 1.65. The number of methoxy groups -OCH3 is 1. The lowest BCUT2D eigenvalue weighted by Crippen LogP contribution is -2.37. The highest BCUT2D eigenvalue weighted by atomic mass is 16.6. The van der Waals surface area contributed by atoms with E-state index in [-0.39, 0.29) is 12.5 Å². The average molecular weight is 279 g/mol. The van der Waals surface area contributed by atoms with Crippen molar-refractivity contribution in [3.8, 4) is 5.75 Å². The van der Waals surface area contributed by atoms with E-state index < -0.39 is 11.6 Å². The van der Waals surface area contributed by atoms with E-state index in [1.165, 1.54) is 11.8 Å². The number of hydrogen-bond donors (Lipinski definition) is 0. The predicted molar refractivity (Wildman–Crippen MR) is 76.9 cm³/mol. The number of anilines is 1. The first kappa shape index (κ1) is 16.0. The van der Waals surface area contributed by atoms with Crippen molar-refractivity contribution in [1.82, 2.24) is 0 Å². The van der Waals surface area contributed by atoms with E-state index in [1.54, 1.807) is 52.1 Å². The molecule has 0 aliphatic heterocycles. The summed E-state index contributed by atoms with van der Waals surface area (Å²) in [7, 11) is 1.57. The zero-order valence-electron chi connectivity index (χ0n) is 12.6. The van der Waals surface area contributed by atoms with Crippen molar-refractivity contribution in [2.24, 2.45) is 0 Å². The molecule has 0 aliphatic rings. The van der Waals surface area contributed by atoms with Crippen molar-refractivity contribution >= 4 is 17.6 Å². The maximum absolute atomic E-state index is 11.8. The van der Waals surface area contributed by atoms with Gasteiger partial charge in [0.15, 0.2) is 0 Å². The Morgan fingerprint density at radius 2 is 1.70 bits per heavy atom. The molecule has 5 nitrogen and oxygen atoms in total. The molecule has 1 amide bonds. The maximum Gasteiger partial charge on any atom is 0.326 e. The largest absolute Gasteiger partial charge is 0.497 e. The first-order chi connectivity index (χ1) is 9.23. The standard InChI is InChI=1S/C15H21NO4/c1-11(17)16(10-14(18)20-15(2,3)4)12-6-8-13(19-5)9-7-12/h6-9H,10H2,1-5H3. The van der Waals surface area contributed by atoms with Crippen molar-refractivity contribution < 1.29 is 19.1 Å². The molecule has 0 saturated heterocycles. The number of benzene rings is 1. The van der Waals surface area contributed by atoms with E-state index in [1.807, 2.05) is 0 Å². The minimum atomic E-state index is -0.570. The fourth-order valence-corrected chi connectivity index (χ4v) is 1.65. The Morgan fingerprint density at radius 1 is 1.15 bits per heavy atom. The van der Waals surface area contributed by atoms with Gasteiger partial charge in [0.1, 0.15) is 17.9 Å². The zero-order valence-corrected chi connectivity index (χ0v) is 12.6. The van der Waals surface area contributed by atoms with E-state index in [0.29, 0.717) is 11.4 Å². The molecule has 0 aromatic heterocycles. The van der Waals surface area contributed by atoms with Gasteiger partial charge in [-0.05, 0) is 45.0 Å². The van der Waals surface area contributed by atoms with Gasteiger partial charge >= 0.3 is 5.97 Å². The van der Waals surface area contributed by atoms with Crippen LogP contribution in [0, 0.1) is 0 Å². The molecule has 0 saturated carbocycles. The molecule has 1 rings (SSSR count). The maximum atomic E-state index is 11.8. The Balaban J connectivity index is 2.83. The van der Waals surface area contributed by atoms with Crippen LogP contribution >= 0.6 is 0 Å². The van der Waals surface area contributed by atoms with Gasteiger partial charge in [0.05, 0.1) is 7.11 Å². The predicted octanol–water partition coefficient (Wildman–Crippen LogP) is 2.39. The quantitative estimate of drug-likeness (QED) is 0.794. The van der Waals surface area contributed by atoms with Crippen LogP contribution in [0.15, 0.2) is 24.3 Å². The van der Waals surface area contributed by atoms with Crippen LogP contribution in [0.1, 0.15) is 27.7 Å². The highest BCUT2D eigenvalue weighted by Crippen LogP contribution is 2.20. The number of ether oxygens (including phenoxy) is 2. The molecule has 0 atom stereocenters. The number of carbonyl (C=O) groups excluding carboxylic acids is 2. The lowest BCUT2D eigenvalue weighted by molar-refractivity contribution is -0.153. The van der Waals surface area contributed by atoms with Crippen LogP contribution in [0.25, 0.3) is 0 Å². The molecule has 0 spiro atoms. The Bertz CT molecular complexity index is 474.